The summed E-state index contributed by atoms with van der Waals surface area (Å²) in [5.41, 5.74) is 2.06. The normalized spacial score (nSPS) is 12.0. The van der Waals surface area contributed by atoms with Crippen LogP contribution in [0.15, 0.2) is 53.7 Å². The van der Waals surface area contributed by atoms with Gasteiger partial charge in [-0.2, -0.15) is 0 Å². The number of aliphatic hydroxyl groups excluding tert-OH is 1. The number of ether oxygens (including phenoxy) is 1. The topological polar surface area (TPSA) is 78.8 Å². The molecule has 2 rings (SSSR count). The van der Waals surface area contributed by atoms with Crippen LogP contribution >= 0.6 is 24.0 Å². The van der Waals surface area contributed by atoms with E-state index in [0.29, 0.717) is 31.5 Å². The largest absolute Gasteiger partial charge is 0.478 e. The van der Waals surface area contributed by atoms with Crippen LogP contribution in [0.4, 0.5) is 0 Å². The fourth-order valence-corrected chi connectivity index (χ4v) is 2.46. The van der Waals surface area contributed by atoms with Crippen molar-refractivity contribution in [3.8, 4) is 5.88 Å². The van der Waals surface area contributed by atoms with Crippen LogP contribution in [-0.2, 0) is 6.54 Å². The number of aromatic nitrogens is 1. The van der Waals surface area contributed by atoms with Gasteiger partial charge in [-0.05, 0) is 18.6 Å². The number of halogens is 1. The fourth-order valence-electron chi connectivity index (χ4n) is 2.46. The van der Waals surface area contributed by atoms with E-state index in [0.717, 1.165) is 11.1 Å². The summed E-state index contributed by atoms with van der Waals surface area (Å²) in [6.45, 7) is 3.73. The molecule has 1 aromatic heterocycles. The first-order valence-corrected chi connectivity index (χ1v) is 8.45. The van der Waals surface area contributed by atoms with Crippen molar-refractivity contribution in [1.82, 2.24) is 15.6 Å². The molecule has 0 aliphatic carbocycles. The van der Waals surface area contributed by atoms with Crippen molar-refractivity contribution in [3.05, 3.63) is 59.8 Å². The molecule has 1 unspecified atom stereocenters. The second-order valence-electron chi connectivity index (χ2n) is 5.50. The van der Waals surface area contributed by atoms with Gasteiger partial charge in [-0.25, -0.2) is 4.98 Å². The first kappa shape index (κ1) is 22.2. The van der Waals surface area contributed by atoms with Gasteiger partial charge < -0.3 is 20.5 Å². The van der Waals surface area contributed by atoms with Crippen molar-refractivity contribution in [1.29, 1.82) is 0 Å². The van der Waals surface area contributed by atoms with Crippen LogP contribution in [0.2, 0.25) is 0 Å². The summed E-state index contributed by atoms with van der Waals surface area (Å²) in [5.74, 6) is 1.31. The highest BCUT2D eigenvalue weighted by Crippen LogP contribution is 2.14. The minimum absolute atomic E-state index is 0. The average Bonchev–Trinajstić information content (AvgIpc) is 2.67. The minimum Gasteiger partial charge on any atom is -0.478 e. The van der Waals surface area contributed by atoms with Crippen molar-refractivity contribution >= 4 is 29.9 Å². The lowest BCUT2D eigenvalue weighted by atomic mass is 10.0. The minimum atomic E-state index is 0. The molecule has 142 valence electrons. The van der Waals surface area contributed by atoms with E-state index in [4.69, 9.17) is 4.74 Å². The van der Waals surface area contributed by atoms with Crippen LogP contribution in [0.3, 0.4) is 0 Å². The number of aliphatic hydroxyl groups is 1. The summed E-state index contributed by atoms with van der Waals surface area (Å²) >= 11 is 0. The molecule has 2 aromatic rings. The number of benzene rings is 1. The zero-order valence-corrected chi connectivity index (χ0v) is 17.5. The van der Waals surface area contributed by atoms with E-state index in [9.17, 15) is 5.11 Å². The van der Waals surface area contributed by atoms with Crippen molar-refractivity contribution in [2.45, 2.75) is 19.4 Å². The molecule has 0 radical (unpaired) electrons. The van der Waals surface area contributed by atoms with Gasteiger partial charge in [-0.3, -0.25) is 4.99 Å². The molecule has 3 N–H and O–H groups in total. The van der Waals surface area contributed by atoms with Gasteiger partial charge in [0, 0.05) is 37.8 Å². The Kier molecular flexibility index (Phi) is 10.6. The van der Waals surface area contributed by atoms with Crippen LogP contribution in [-0.4, -0.2) is 42.9 Å². The highest BCUT2D eigenvalue weighted by Gasteiger charge is 2.11. The first-order chi connectivity index (χ1) is 12.3. The van der Waals surface area contributed by atoms with Crippen LogP contribution < -0.4 is 15.4 Å². The first-order valence-electron chi connectivity index (χ1n) is 8.45. The maximum atomic E-state index is 9.64. The quantitative estimate of drug-likeness (QED) is 0.314. The second-order valence-corrected chi connectivity index (χ2v) is 5.50. The van der Waals surface area contributed by atoms with Crippen LogP contribution in [0.1, 0.15) is 24.0 Å². The lowest BCUT2D eigenvalue weighted by Crippen LogP contribution is -2.39. The molecule has 6 nitrogen and oxygen atoms in total. The Morgan fingerprint density at radius 2 is 1.96 bits per heavy atom. The highest BCUT2D eigenvalue weighted by atomic mass is 127. The number of hydrogen-bond acceptors (Lipinski definition) is 4. The zero-order valence-electron chi connectivity index (χ0n) is 15.2. The van der Waals surface area contributed by atoms with Crippen molar-refractivity contribution in [3.63, 3.8) is 0 Å². The van der Waals surface area contributed by atoms with E-state index in [1.54, 1.807) is 13.2 Å². The SMILES string of the molecule is CCOc1ncccc1CNC(=NC)NCC(CO)c1ccccc1.I. The number of hydrogen-bond donors (Lipinski definition) is 3. The van der Waals surface area contributed by atoms with Crippen molar-refractivity contribution in [2.24, 2.45) is 4.99 Å². The second kappa shape index (κ2) is 12.5. The summed E-state index contributed by atoms with van der Waals surface area (Å²) in [4.78, 5) is 8.47. The molecule has 1 atom stereocenters. The molecule has 0 amide bonds. The van der Waals surface area contributed by atoms with Crippen LogP contribution in [0.5, 0.6) is 5.88 Å². The monoisotopic (exact) mass is 470 g/mol. The van der Waals surface area contributed by atoms with E-state index < -0.39 is 0 Å². The predicted octanol–water partition coefficient (Wildman–Crippen LogP) is 2.54. The Bertz CT molecular complexity index is 668. The number of nitrogens with zero attached hydrogens (tertiary/aromatic N) is 2. The summed E-state index contributed by atoms with van der Waals surface area (Å²) in [6, 6.07) is 13.8. The molecule has 0 aliphatic heterocycles. The Labute approximate surface area is 172 Å². The fraction of sp³-hybridized carbons (Fsp3) is 0.368. The van der Waals surface area contributed by atoms with E-state index in [-0.39, 0.29) is 36.5 Å². The third-order valence-electron chi connectivity index (χ3n) is 3.81. The van der Waals surface area contributed by atoms with E-state index in [1.165, 1.54) is 0 Å². The molecule has 0 fully saturated rings. The molecule has 7 heteroatoms. The Morgan fingerprint density at radius 3 is 2.62 bits per heavy atom. The van der Waals surface area contributed by atoms with Gasteiger partial charge >= 0.3 is 0 Å². The van der Waals surface area contributed by atoms with Gasteiger partial charge in [0.15, 0.2) is 5.96 Å². The van der Waals surface area contributed by atoms with Gasteiger partial charge in [-0.1, -0.05) is 36.4 Å². The number of aliphatic imine (C=N–C) groups is 1. The molecule has 0 saturated heterocycles. The Hall–Kier alpha value is -1.87. The van der Waals surface area contributed by atoms with Gasteiger partial charge in [0.2, 0.25) is 5.88 Å². The lowest BCUT2D eigenvalue weighted by Gasteiger charge is -2.18. The number of nitrogens with one attached hydrogen (secondary N) is 2. The summed E-state index contributed by atoms with van der Waals surface area (Å²) in [6.07, 6.45) is 1.72. The molecular weight excluding hydrogens is 443 g/mol. The van der Waals surface area contributed by atoms with Crippen molar-refractivity contribution < 1.29 is 9.84 Å². The number of rotatable bonds is 8. The van der Waals surface area contributed by atoms with E-state index in [2.05, 4.69) is 20.6 Å². The highest BCUT2D eigenvalue weighted by molar-refractivity contribution is 14.0. The number of pyridine rings is 1. The average molecular weight is 470 g/mol. The summed E-state index contributed by atoms with van der Waals surface area (Å²) in [5, 5.41) is 16.2. The maximum absolute atomic E-state index is 9.64. The predicted molar refractivity (Wildman–Crippen MR) is 115 cm³/mol. The molecule has 1 aromatic carbocycles. The Morgan fingerprint density at radius 1 is 1.19 bits per heavy atom. The van der Waals surface area contributed by atoms with E-state index >= 15 is 0 Å². The van der Waals surface area contributed by atoms with Crippen LogP contribution in [0, 0.1) is 0 Å². The van der Waals surface area contributed by atoms with Crippen molar-refractivity contribution in [2.75, 3.05) is 26.8 Å². The Balaban J connectivity index is 0.00000338. The van der Waals surface area contributed by atoms with Gasteiger partial charge in [0.05, 0.1) is 13.2 Å². The molecule has 0 bridgehead atoms. The molecule has 0 spiro atoms. The van der Waals surface area contributed by atoms with E-state index in [1.807, 2.05) is 49.4 Å². The summed E-state index contributed by atoms with van der Waals surface area (Å²) < 4.78 is 5.53. The molecular formula is C19H27IN4O2. The zero-order chi connectivity index (χ0) is 17.9. The summed E-state index contributed by atoms with van der Waals surface area (Å²) in [7, 11) is 1.72. The maximum Gasteiger partial charge on any atom is 0.218 e. The van der Waals surface area contributed by atoms with Gasteiger partial charge in [0.1, 0.15) is 0 Å². The molecule has 26 heavy (non-hydrogen) atoms. The van der Waals surface area contributed by atoms with Gasteiger partial charge in [-0.15, -0.1) is 24.0 Å². The third-order valence-corrected chi connectivity index (χ3v) is 3.81. The smallest absolute Gasteiger partial charge is 0.218 e. The van der Waals surface area contributed by atoms with Gasteiger partial charge in [0.25, 0.3) is 0 Å². The van der Waals surface area contributed by atoms with Crippen LogP contribution in [0.25, 0.3) is 0 Å². The lowest BCUT2D eigenvalue weighted by molar-refractivity contribution is 0.265. The third kappa shape index (κ3) is 6.80. The molecule has 1 heterocycles. The standard InChI is InChI=1S/C19H26N4O2.HI/c1-3-25-18-16(10-7-11-21-18)12-22-19(20-2)23-13-17(14-24)15-8-5-4-6-9-15;/h4-11,17,24H,3,12-14H2,1-2H3,(H2,20,22,23);1H. The molecule has 0 aliphatic rings. The number of guanidine groups is 1. The molecule has 0 saturated carbocycles.